The average Bonchev–Trinajstić information content (AvgIpc) is 2.40. The van der Waals surface area contributed by atoms with Crippen molar-refractivity contribution < 1.29 is 0 Å². The number of aryl methyl sites for hydroxylation is 1. The Morgan fingerprint density at radius 1 is 1.16 bits per heavy atom. The van der Waals surface area contributed by atoms with Crippen molar-refractivity contribution in [2.45, 2.75) is 19.9 Å². The molecular weight excluding hydrogens is 256 g/mol. The molecule has 2 rings (SSSR count). The lowest BCUT2D eigenvalue weighted by atomic mass is 10.0. The molecule has 0 radical (unpaired) electrons. The molecule has 0 aliphatic heterocycles. The van der Waals surface area contributed by atoms with Gasteiger partial charge >= 0.3 is 0 Å². The van der Waals surface area contributed by atoms with Crippen molar-refractivity contribution in [3.63, 3.8) is 0 Å². The Kier molecular flexibility index (Phi) is 4.46. The van der Waals surface area contributed by atoms with E-state index in [1.807, 2.05) is 25.1 Å². The molecule has 100 valence electrons. The minimum Gasteiger partial charge on any atom is -0.377 e. The van der Waals surface area contributed by atoms with Crippen LogP contribution in [0, 0.1) is 13.8 Å². The zero-order chi connectivity index (χ0) is 13.8. The van der Waals surface area contributed by atoms with Gasteiger partial charge in [-0.15, -0.1) is 0 Å². The SMILES string of the molecule is Cc1cccc(C(CN)Nc2cccc(Cl)c2C)c1. The van der Waals surface area contributed by atoms with Crippen LogP contribution in [0.3, 0.4) is 0 Å². The first-order chi connectivity index (χ1) is 9.11. The molecule has 19 heavy (non-hydrogen) atoms. The van der Waals surface area contributed by atoms with Crippen molar-refractivity contribution in [1.82, 2.24) is 0 Å². The summed E-state index contributed by atoms with van der Waals surface area (Å²) in [5, 5.41) is 4.24. The van der Waals surface area contributed by atoms with Gasteiger partial charge in [-0.05, 0) is 37.1 Å². The van der Waals surface area contributed by atoms with E-state index in [1.165, 1.54) is 11.1 Å². The van der Waals surface area contributed by atoms with E-state index in [9.17, 15) is 0 Å². The Bertz CT molecular complexity index is 566. The predicted octanol–water partition coefficient (Wildman–Crippen LogP) is 4.07. The fraction of sp³-hybridized carbons (Fsp3) is 0.250. The quantitative estimate of drug-likeness (QED) is 0.882. The van der Waals surface area contributed by atoms with Crippen LogP contribution >= 0.6 is 11.6 Å². The molecule has 0 aromatic heterocycles. The van der Waals surface area contributed by atoms with Gasteiger partial charge in [-0.25, -0.2) is 0 Å². The molecule has 2 aromatic rings. The maximum Gasteiger partial charge on any atom is 0.0636 e. The second-order valence-electron chi connectivity index (χ2n) is 4.76. The minimum atomic E-state index is 0.0945. The van der Waals surface area contributed by atoms with Gasteiger partial charge in [0.05, 0.1) is 6.04 Å². The molecular formula is C16H19ClN2. The summed E-state index contributed by atoms with van der Waals surface area (Å²) in [5.74, 6) is 0. The summed E-state index contributed by atoms with van der Waals surface area (Å²) in [4.78, 5) is 0. The maximum atomic E-state index is 6.14. The van der Waals surface area contributed by atoms with Crippen LogP contribution in [0.2, 0.25) is 5.02 Å². The van der Waals surface area contributed by atoms with Gasteiger partial charge in [0.2, 0.25) is 0 Å². The van der Waals surface area contributed by atoms with Gasteiger partial charge < -0.3 is 11.1 Å². The topological polar surface area (TPSA) is 38.0 Å². The number of halogens is 1. The van der Waals surface area contributed by atoms with E-state index in [0.29, 0.717) is 6.54 Å². The van der Waals surface area contributed by atoms with Crippen LogP contribution in [0.4, 0.5) is 5.69 Å². The Morgan fingerprint density at radius 3 is 2.58 bits per heavy atom. The molecule has 2 aromatic carbocycles. The molecule has 1 atom stereocenters. The highest BCUT2D eigenvalue weighted by molar-refractivity contribution is 6.31. The van der Waals surface area contributed by atoms with Crippen LogP contribution in [0.25, 0.3) is 0 Å². The van der Waals surface area contributed by atoms with Crippen LogP contribution in [-0.4, -0.2) is 6.54 Å². The number of hydrogen-bond donors (Lipinski definition) is 2. The van der Waals surface area contributed by atoms with Gasteiger partial charge in [0, 0.05) is 17.3 Å². The fourth-order valence-corrected chi connectivity index (χ4v) is 2.29. The van der Waals surface area contributed by atoms with E-state index in [-0.39, 0.29) is 6.04 Å². The summed E-state index contributed by atoms with van der Waals surface area (Å²) in [5.41, 5.74) is 10.4. The Hall–Kier alpha value is -1.51. The monoisotopic (exact) mass is 274 g/mol. The second-order valence-corrected chi connectivity index (χ2v) is 5.17. The molecule has 0 fully saturated rings. The number of nitrogens with two attached hydrogens (primary N) is 1. The number of nitrogens with one attached hydrogen (secondary N) is 1. The fourth-order valence-electron chi connectivity index (χ4n) is 2.12. The third kappa shape index (κ3) is 3.28. The zero-order valence-electron chi connectivity index (χ0n) is 11.3. The molecule has 2 nitrogen and oxygen atoms in total. The summed E-state index contributed by atoms with van der Waals surface area (Å²) in [6.07, 6.45) is 0. The van der Waals surface area contributed by atoms with Gasteiger partial charge in [0.25, 0.3) is 0 Å². The number of rotatable bonds is 4. The van der Waals surface area contributed by atoms with Crippen LogP contribution in [0.15, 0.2) is 42.5 Å². The molecule has 3 N–H and O–H groups in total. The third-order valence-corrected chi connectivity index (χ3v) is 3.69. The summed E-state index contributed by atoms with van der Waals surface area (Å²) in [7, 11) is 0. The lowest BCUT2D eigenvalue weighted by molar-refractivity contribution is 0.788. The van der Waals surface area contributed by atoms with Gasteiger partial charge in [-0.3, -0.25) is 0 Å². The van der Waals surface area contributed by atoms with Gasteiger partial charge in [0.1, 0.15) is 0 Å². The van der Waals surface area contributed by atoms with E-state index in [0.717, 1.165) is 16.3 Å². The number of anilines is 1. The van der Waals surface area contributed by atoms with Crippen molar-refractivity contribution in [1.29, 1.82) is 0 Å². The molecule has 0 spiro atoms. The normalized spacial score (nSPS) is 12.2. The highest BCUT2D eigenvalue weighted by atomic mass is 35.5. The lowest BCUT2D eigenvalue weighted by Gasteiger charge is -2.21. The summed E-state index contributed by atoms with van der Waals surface area (Å²) >= 11 is 6.14. The highest BCUT2D eigenvalue weighted by Gasteiger charge is 2.11. The van der Waals surface area contributed by atoms with Crippen molar-refractivity contribution in [3.8, 4) is 0 Å². The van der Waals surface area contributed by atoms with E-state index in [1.54, 1.807) is 0 Å². The number of hydrogen-bond acceptors (Lipinski definition) is 2. The Labute approximate surface area is 119 Å². The van der Waals surface area contributed by atoms with Crippen molar-refractivity contribution >= 4 is 17.3 Å². The van der Waals surface area contributed by atoms with E-state index in [4.69, 9.17) is 17.3 Å². The van der Waals surface area contributed by atoms with Gasteiger partial charge in [-0.2, -0.15) is 0 Å². The molecule has 0 aliphatic rings. The van der Waals surface area contributed by atoms with Crippen LogP contribution < -0.4 is 11.1 Å². The standard InChI is InChI=1S/C16H19ClN2/c1-11-5-3-6-13(9-11)16(10-18)19-15-8-4-7-14(17)12(15)2/h3-9,16,19H,10,18H2,1-2H3. The van der Waals surface area contributed by atoms with Crippen molar-refractivity contribution in [2.24, 2.45) is 5.73 Å². The summed E-state index contributed by atoms with van der Waals surface area (Å²) < 4.78 is 0. The predicted molar refractivity (Wildman–Crippen MR) is 82.8 cm³/mol. The minimum absolute atomic E-state index is 0.0945. The van der Waals surface area contributed by atoms with Gasteiger partial charge in [-0.1, -0.05) is 47.5 Å². The van der Waals surface area contributed by atoms with E-state index >= 15 is 0 Å². The molecule has 0 aliphatic carbocycles. The summed E-state index contributed by atoms with van der Waals surface area (Å²) in [6, 6.07) is 14.4. The first-order valence-electron chi connectivity index (χ1n) is 6.40. The Balaban J connectivity index is 2.26. The smallest absolute Gasteiger partial charge is 0.0636 e. The van der Waals surface area contributed by atoms with Crippen LogP contribution in [-0.2, 0) is 0 Å². The molecule has 3 heteroatoms. The molecule has 0 bridgehead atoms. The first kappa shape index (κ1) is 13.9. The average molecular weight is 275 g/mol. The second kappa shape index (κ2) is 6.09. The van der Waals surface area contributed by atoms with Crippen LogP contribution in [0.1, 0.15) is 22.7 Å². The maximum absolute atomic E-state index is 6.14. The molecule has 0 amide bonds. The molecule has 0 saturated heterocycles. The zero-order valence-corrected chi connectivity index (χ0v) is 12.0. The van der Waals surface area contributed by atoms with E-state index < -0.39 is 0 Å². The third-order valence-electron chi connectivity index (χ3n) is 3.28. The van der Waals surface area contributed by atoms with Gasteiger partial charge in [0.15, 0.2) is 0 Å². The molecule has 0 saturated carbocycles. The van der Waals surface area contributed by atoms with Crippen molar-refractivity contribution in [3.05, 3.63) is 64.2 Å². The van der Waals surface area contributed by atoms with Crippen molar-refractivity contribution in [2.75, 3.05) is 11.9 Å². The van der Waals surface area contributed by atoms with Crippen LogP contribution in [0.5, 0.6) is 0 Å². The summed E-state index contributed by atoms with van der Waals surface area (Å²) in [6.45, 7) is 4.63. The molecule has 1 unspecified atom stereocenters. The molecule has 0 heterocycles. The van der Waals surface area contributed by atoms with E-state index in [2.05, 4.69) is 36.5 Å². The lowest BCUT2D eigenvalue weighted by Crippen LogP contribution is -2.21. The first-order valence-corrected chi connectivity index (χ1v) is 6.78. The number of benzene rings is 2. The largest absolute Gasteiger partial charge is 0.377 e. The highest BCUT2D eigenvalue weighted by Crippen LogP contribution is 2.26. The Morgan fingerprint density at radius 2 is 1.89 bits per heavy atom.